The van der Waals surface area contributed by atoms with E-state index in [1.165, 1.54) is 0 Å². The molecule has 1 fully saturated rings. The van der Waals surface area contributed by atoms with Gasteiger partial charge in [0.2, 0.25) is 0 Å². The molecule has 0 spiro atoms. The maximum absolute atomic E-state index is 12.2. The third-order valence-corrected chi connectivity index (χ3v) is 4.79. The number of aromatic nitrogens is 2. The Kier molecular flexibility index (Phi) is 5.18. The van der Waals surface area contributed by atoms with Crippen LogP contribution in [0.1, 0.15) is 45.2 Å². The minimum atomic E-state index is -0.447. The monoisotopic (exact) mass is 405 g/mol. The van der Waals surface area contributed by atoms with Crippen LogP contribution < -0.4 is 0 Å². The quantitative estimate of drug-likeness (QED) is 0.723. The average molecular weight is 406 g/mol. The van der Waals surface area contributed by atoms with Gasteiger partial charge in [0, 0.05) is 29.7 Å². The van der Waals surface area contributed by atoms with Crippen molar-refractivity contribution in [2.75, 3.05) is 13.1 Å². The van der Waals surface area contributed by atoms with Crippen LogP contribution in [-0.4, -0.2) is 39.5 Å². The summed E-state index contributed by atoms with van der Waals surface area (Å²) in [6, 6.07) is 10.2. The highest BCUT2D eigenvalue weighted by molar-refractivity contribution is 9.10. The highest BCUT2D eigenvalue weighted by atomic mass is 79.9. The lowest BCUT2D eigenvalue weighted by Gasteiger charge is -2.32. The number of hydrogen-bond donors (Lipinski definition) is 0. The molecule has 6 heteroatoms. The number of carbonyl (C=O) groups excluding carboxylic acids is 1. The molecule has 25 heavy (non-hydrogen) atoms. The Morgan fingerprint density at radius 2 is 1.80 bits per heavy atom. The Balaban J connectivity index is 1.60. The first kappa shape index (κ1) is 18.0. The van der Waals surface area contributed by atoms with Crippen molar-refractivity contribution in [1.29, 1.82) is 0 Å². The van der Waals surface area contributed by atoms with E-state index in [1.54, 1.807) is 4.90 Å². The fraction of sp³-hybridized carbons (Fsp3) is 0.474. The first-order valence-corrected chi connectivity index (χ1v) is 9.40. The van der Waals surface area contributed by atoms with E-state index >= 15 is 0 Å². The number of ether oxygens (including phenoxy) is 1. The minimum Gasteiger partial charge on any atom is -0.444 e. The number of rotatable bonds is 2. The van der Waals surface area contributed by atoms with E-state index < -0.39 is 5.60 Å². The SMILES string of the molecule is CC(C)(C)OC(=O)N1CCC(c2ccn(-c3ccc(Br)cc3)n2)CC1. The number of nitrogens with zero attached hydrogens (tertiary/aromatic N) is 3. The average Bonchev–Trinajstić information content (AvgIpc) is 3.04. The van der Waals surface area contributed by atoms with Gasteiger partial charge in [-0.25, -0.2) is 9.48 Å². The zero-order chi connectivity index (χ0) is 18.0. The first-order valence-electron chi connectivity index (χ1n) is 8.61. The molecule has 0 unspecified atom stereocenters. The minimum absolute atomic E-state index is 0.216. The van der Waals surface area contributed by atoms with Gasteiger partial charge in [-0.05, 0) is 63.9 Å². The lowest BCUT2D eigenvalue weighted by molar-refractivity contribution is 0.0204. The summed E-state index contributed by atoms with van der Waals surface area (Å²) in [6.45, 7) is 7.11. The number of benzene rings is 1. The van der Waals surface area contributed by atoms with E-state index in [1.807, 2.05) is 55.9 Å². The van der Waals surface area contributed by atoms with Gasteiger partial charge in [0.05, 0.1) is 11.4 Å². The topological polar surface area (TPSA) is 47.4 Å². The maximum Gasteiger partial charge on any atom is 0.410 e. The molecule has 0 atom stereocenters. The molecule has 2 heterocycles. The second-order valence-electron chi connectivity index (χ2n) is 7.40. The lowest BCUT2D eigenvalue weighted by Crippen LogP contribution is -2.41. The van der Waals surface area contributed by atoms with Gasteiger partial charge in [-0.15, -0.1) is 0 Å². The lowest BCUT2D eigenvalue weighted by atomic mass is 9.94. The van der Waals surface area contributed by atoms with Crippen LogP contribution in [0.2, 0.25) is 0 Å². The molecule has 5 nitrogen and oxygen atoms in total. The normalized spacial score (nSPS) is 16.1. The Bertz CT molecular complexity index is 726. The standard InChI is InChI=1S/C19H24BrN3O2/c1-19(2,3)25-18(24)22-11-8-14(9-12-22)17-10-13-23(21-17)16-6-4-15(20)5-7-16/h4-7,10,13-14H,8-9,11-12H2,1-3H3. The summed E-state index contributed by atoms with van der Waals surface area (Å²) in [6.07, 6.45) is 3.61. The Morgan fingerprint density at radius 3 is 2.40 bits per heavy atom. The number of amides is 1. The maximum atomic E-state index is 12.2. The molecule has 0 saturated carbocycles. The summed E-state index contributed by atoms with van der Waals surface area (Å²) in [5, 5.41) is 4.73. The highest BCUT2D eigenvalue weighted by Gasteiger charge is 2.28. The number of piperidine rings is 1. The number of hydrogen-bond acceptors (Lipinski definition) is 3. The van der Waals surface area contributed by atoms with Crippen molar-refractivity contribution in [1.82, 2.24) is 14.7 Å². The summed E-state index contributed by atoms with van der Waals surface area (Å²) in [4.78, 5) is 14.0. The van der Waals surface area contributed by atoms with Gasteiger partial charge in [-0.2, -0.15) is 5.10 Å². The molecule has 2 aromatic rings. The molecule has 134 valence electrons. The molecule has 0 N–H and O–H groups in total. The summed E-state index contributed by atoms with van der Waals surface area (Å²) >= 11 is 3.45. The molecule has 0 radical (unpaired) electrons. The highest BCUT2D eigenvalue weighted by Crippen LogP contribution is 2.28. The molecule has 1 saturated heterocycles. The molecule has 1 amide bonds. The zero-order valence-corrected chi connectivity index (χ0v) is 16.5. The van der Waals surface area contributed by atoms with Gasteiger partial charge in [0.25, 0.3) is 0 Å². The Hall–Kier alpha value is -1.82. The first-order chi connectivity index (χ1) is 11.8. The number of likely N-dealkylation sites (tertiary alicyclic amines) is 1. The fourth-order valence-corrected chi connectivity index (χ4v) is 3.24. The van der Waals surface area contributed by atoms with E-state index in [0.717, 1.165) is 28.7 Å². The van der Waals surface area contributed by atoms with Gasteiger partial charge in [-0.3, -0.25) is 0 Å². The molecule has 1 aromatic carbocycles. The van der Waals surface area contributed by atoms with Crippen molar-refractivity contribution in [2.24, 2.45) is 0 Å². The third-order valence-electron chi connectivity index (χ3n) is 4.27. The van der Waals surface area contributed by atoms with Crippen molar-refractivity contribution in [2.45, 2.75) is 45.1 Å². The van der Waals surface area contributed by atoms with Gasteiger partial charge in [0.15, 0.2) is 0 Å². The van der Waals surface area contributed by atoms with Crippen LogP contribution in [0, 0.1) is 0 Å². The molecule has 1 aliphatic rings. The van der Waals surface area contributed by atoms with E-state index in [2.05, 4.69) is 22.0 Å². The molecule has 0 aliphatic carbocycles. The summed E-state index contributed by atoms with van der Waals surface area (Å²) in [5.41, 5.74) is 1.68. The predicted octanol–water partition coefficient (Wildman–Crippen LogP) is 4.75. The van der Waals surface area contributed by atoms with Crippen molar-refractivity contribution >= 4 is 22.0 Å². The summed E-state index contributed by atoms with van der Waals surface area (Å²) < 4.78 is 8.41. The van der Waals surface area contributed by atoms with E-state index in [9.17, 15) is 4.79 Å². The van der Waals surface area contributed by atoms with E-state index in [-0.39, 0.29) is 6.09 Å². The number of carbonyl (C=O) groups is 1. The van der Waals surface area contributed by atoms with Crippen LogP contribution in [-0.2, 0) is 4.74 Å². The smallest absolute Gasteiger partial charge is 0.410 e. The fourth-order valence-electron chi connectivity index (χ4n) is 2.98. The van der Waals surface area contributed by atoms with Crippen LogP contribution in [0.3, 0.4) is 0 Å². The molecule has 0 bridgehead atoms. The van der Waals surface area contributed by atoms with Gasteiger partial charge in [0.1, 0.15) is 5.60 Å². The van der Waals surface area contributed by atoms with Crippen LogP contribution in [0.15, 0.2) is 41.0 Å². The molecular formula is C19H24BrN3O2. The second-order valence-corrected chi connectivity index (χ2v) is 8.32. The molecule has 3 rings (SSSR count). The zero-order valence-electron chi connectivity index (χ0n) is 14.9. The van der Waals surface area contributed by atoms with Crippen LogP contribution in [0.4, 0.5) is 4.79 Å². The van der Waals surface area contributed by atoms with Gasteiger partial charge < -0.3 is 9.64 Å². The molecule has 1 aliphatic heterocycles. The van der Waals surface area contributed by atoms with Crippen LogP contribution in [0.25, 0.3) is 5.69 Å². The van der Waals surface area contributed by atoms with Crippen LogP contribution in [0.5, 0.6) is 0 Å². The predicted molar refractivity (Wildman–Crippen MR) is 101 cm³/mol. The summed E-state index contributed by atoms with van der Waals surface area (Å²) in [7, 11) is 0. The van der Waals surface area contributed by atoms with Crippen LogP contribution >= 0.6 is 15.9 Å². The largest absolute Gasteiger partial charge is 0.444 e. The van der Waals surface area contributed by atoms with Crippen molar-refractivity contribution in [3.63, 3.8) is 0 Å². The molecular weight excluding hydrogens is 382 g/mol. The Labute approximate surface area is 157 Å². The molecule has 1 aromatic heterocycles. The Morgan fingerprint density at radius 1 is 1.16 bits per heavy atom. The van der Waals surface area contributed by atoms with E-state index in [0.29, 0.717) is 19.0 Å². The second kappa shape index (κ2) is 7.20. The van der Waals surface area contributed by atoms with Crippen molar-refractivity contribution in [3.05, 3.63) is 46.7 Å². The third kappa shape index (κ3) is 4.63. The van der Waals surface area contributed by atoms with Gasteiger partial charge >= 0.3 is 6.09 Å². The van der Waals surface area contributed by atoms with E-state index in [4.69, 9.17) is 9.84 Å². The van der Waals surface area contributed by atoms with Gasteiger partial charge in [-0.1, -0.05) is 15.9 Å². The van der Waals surface area contributed by atoms with Crippen molar-refractivity contribution in [3.8, 4) is 5.69 Å². The van der Waals surface area contributed by atoms with Crippen molar-refractivity contribution < 1.29 is 9.53 Å². The number of halogens is 1. The summed E-state index contributed by atoms with van der Waals surface area (Å²) in [5.74, 6) is 0.385.